The first-order valence-corrected chi connectivity index (χ1v) is 8.32. The second-order valence-corrected chi connectivity index (χ2v) is 6.67. The molecule has 0 saturated carbocycles. The molecular formula is C20H24FNO3. The zero-order valence-corrected chi connectivity index (χ0v) is 15.3. The van der Waals surface area contributed by atoms with Crippen molar-refractivity contribution < 1.29 is 19.0 Å². The van der Waals surface area contributed by atoms with Crippen LogP contribution in [0.5, 0.6) is 0 Å². The molecule has 0 aliphatic rings. The molecule has 25 heavy (non-hydrogen) atoms. The maximum Gasteiger partial charge on any atom is 0.338 e. The number of benzene rings is 1. The second-order valence-electron chi connectivity index (χ2n) is 6.67. The number of halogens is 1. The fraction of sp³-hybridized carbons (Fsp3) is 0.400. The lowest BCUT2D eigenvalue weighted by molar-refractivity contribution is 0.0695. The van der Waals surface area contributed by atoms with Gasteiger partial charge in [0.1, 0.15) is 5.82 Å². The monoisotopic (exact) mass is 345 g/mol. The van der Waals surface area contributed by atoms with Gasteiger partial charge in [-0.05, 0) is 29.5 Å². The first-order valence-electron chi connectivity index (χ1n) is 8.32. The van der Waals surface area contributed by atoms with Gasteiger partial charge in [-0.15, -0.1) is 0 Å². The SMILES string of the molecule is COCc1c(C(C)C)nc(C(C)C)c(C(=O)O)c1-c1ccc(F)cc1. The first kappa shape index (κ1) is 19.1. The second kappa shape index (κ2) is 7.74. The van der Waals surface area contributed by atoms with Crippen molar-refractivity contribution in [3.05, 3.63) is 52.6 Å². The number of hydrogen-bond acceptors (Lipinski definition) is 3. The minimum atomic E-state index is -1.04. The molecule has 0 fully saturated rings. The van der Waals surface area contributed by atoms with Gasteiger partial charge in [-0.3, -0.25) is 4.98 Å². The van der Waals surface area contributed by atoms with E-state index in [4.69, 9.17) is 4.74 Å². The molecule has 0 aliphatic carbocycles. The standard InChI is InChI=1S/C20H24FNO3/c1-11(2)18-15(10-25-5)16(13-6-8-14(21)9-7-13)17(20(23)24)19(22-18)12(3)4/h6-9,11-12H,10H2,1-5H3,(H,23,24). The molecule has 1 aromatic heterocycles. The number of aromatic nitrogens is 1. The van der Waals surface area contributed by atoms with Gasteiger partial charge >= 0.3 is 5.97 Å². The number of carbonyl (C=O) groups is 1. The van der Waals surface area contributed by atoms with Crippen molar-refractivity contribution in [2.75, 3.05) is 7.11 Å². The normalized spacial score (nSPS) is 11.4. The summed E-state index contributed by atoms with van der Waals surface area (Å²) < 4.78 is 18.7. The van der Waals surface area contributed by atoms with Gasteiger partial charge < -0.3 is 9.84 Å². The van der Waals surface area contributed by atoms with E-state index in [0.717, 1.165) is 11.3 Å². The van der Waals surface area contributed by atoms with E-state index in [1.54, 1.807) is 19.2 Å². The van der Waals surface area contributed by atoms with Crippen LogP contribution in [-0.2, 0) is 11.3 Å². The fourth-order valence-electron chi connectivity index (χ4n) is 3.00. The van der Waals surface area contributed by atoms with Gasteiger partial charge in [-0.1, -0.05) is 39.8 Å². The third kappa shape index (κ3) is 3.87. The molecule has 0 atom stereocenters. The van der Waals surface area contributed by atoms with Crippen LogP contribution in [0, 0.1) is 5.82 Å². The Morgan fingerprint density at radius 2 is 1.68 bits per heavy atom. The van der Waals surface area contributed by atoms with Crippen molar-refractivity contribution in [2.45, 2.75) is 46.1 Å². The number of pyridine rings is 1. The minimum absolute atomic E-state index is 0.0561. The van der Waals surface area contributed by atoms with Crippen LogP contribution in [0.2, 0.25) is 0 Å². The van der Waals surface area contributed by atoms with Crippen molar-refractivity contribution in [1.82, 2.24) is 4.98 Å². The molecule has 4 nitrogen and oxygen atoms in total. The molecule has 1 aromatic carbocycles. The van der Waals surface area contributed by atoms with Crippen molar-refractivity contribution in [2.24, 2.45) is 0 Å². The lowest BCUT2D eigenvalue weighted by atomic mass is 9.87. The number of methoxy groups -OCH3 is 1. The molecule has 2 rings (SSSR count). The highest BCUT2D eigenvalue weighted by Gasteiger charge is 2.27. The van der Waals surface area contributed by atoms with Crippen molar-refractivity contribution in [3.8, 4) is 11.1 Å². The molecule has 0 bridgehead atoms. The van der Waals surface area contributed by atoms with E-state index in [0.29, 0.717) is 16.8 Å². The number of ether oxygens (including phenoxy) is 1. The Kier molecular flexibility index (Phi) is 5.90. The number of carboxylic acid groups (broad SMARTS) is 1. The highest BCUT2D eigenvalue weighted by atomic mass is 19.1. The maximum absolute atomic E-state index is 13.4. The quantitative estimate of drug-likeness (QED) is 0.802. The average molecular weight is 345 g/mol. The minimum Gasteiger partial charge on any atom is -0.478 e. The molecule has 134 valence electrons. The molecule has 0 aliphatic heterocycles. The zero-order chi connectivity index (χ0) is 18.7. The predicted octanol–water partition coefficient (Wildman–Crippen LogP) is 4.98. The summed E-state index contributed by atoms with van der Waals surface area (Å²) >= 11 is 0. The van der Waals surface area contributed by atoms with Crippen LogP contribution >= 0.6 is 0 Å². The molecule has 0 unspecified atom stereocenters. The molecule has 1 N–H and O–H groups in total. The summed E-state index contributed by atoms with van der Waals surface area (Å²) in [6.45, 7) is 8.11. The summed E-state index contributed by atoms with van der Waals surface area (Å²) in [4.78, 5) is 16.8. The van der Waals surface area contributed by atoms with Crippen LogP contribution in [0.25, 0.3) is 11.1 Å². The van der Waals surface area contributed by atoms with Gasteiger partial charge in [0.05, 0.1) is 17.9 Å². The Morgan fingerprint density at radius 1 is 1.12 bits per heavy atom. The molecule has 0 spiro atoms. The van der Waals surface area contributed by atoms with Gasteiger partial charge in [0.2, 0.25) is 0 Å². The molecule has 0 radical (unpaired) electrons. The van der Waals surface area contributed by atoms with Crippen LogP contribution in [-0.4, -0.2) is 23.2 Å². The van der Waals surface area contributed by atoms with Crippen molar-refractivity contribution in [3.63, 3.8) is 0 Å². The Balaban J connectivity index is 2.95. The van der Waals surface area contributed by atoms with E-state index < -0.39 is 5.97 Å². The predicted molar refractivity (Wildman–Crippen MR) is 95.5 cm³/mol. The van der Waals surface area contributed by atoms with Crippen molar-refractivity contribution >= 4 is 5.97 Å². The number of aromatic carboxylic acids is 1. The molecular weight excluding hydrogens is 321 g/mol. The van der Waals surface area contributed by atoms with E-state index in [1.165, 1.54) is 12.1 Å². The topological polar surface area (TPSA) is 59.4 Å². The van der Waals surface area contributed by atoms with Crippen LogP contribution in [0.1, 0.15) is 66.8 Å². The number of carboxylic acids is 1. The Hall–Kier alpha value is -2.27. The van der Waals surface area contributed by atoms with Crippen molar-refractivity contribution in [1.29, 1.82) is 0 Å². The summed E-state index contributed by atoms with van der Waals surface area (Å²) in [7, 11) is 1.56. The molecule has 0 saturated heterocycles. The highest BCUT2D eigenvalue weighted by molar-refractivity contribution is 5.98. The fourth-order valence-corrected chi connectivity index (χ4v) is 3.00. The summed E-state index contributed by atoms with van der Waals surface area (Å²) in [5.41, 5.74) is 3.48. The van der Waals surface area contributed by atoms with Gasteiger partial charge in [0.25, 0.3) is 0 Å². The van der Waals surface area contributed by atoms with Gasteiger partial charge in [-0.25, -0.2) is 9.18 Å². The number of nitrogens with zero attached hydrogens (tertiary/aromatic N) is 1. The van der Waals surface area contributed by atoms with Gasteiger partial charge in [-0.2, -0.15) is 0 Å². The lowest BCUT2D eigenvalue weighted by Gasteiger charge is -2.22. The molecule has 2 aromatic rings. The summed E-state index contributed by atoms with van der Waals surface area (Å²) in [6.07, 6.45) is 0. The third-order valence-electron chi connectivity index (χ3n) is 4.09. The number of rotatable bonds is 6. The van der Waals surface area contributed by atoms with Gasteiger partial charge in [0.15, 0.2) is 0 Å². The summed E-state index contributed by atoms with van der Waals surface area (Å²) in [5.74, 6) is -1.36. The smallest absolute Gasteiger partial charge is 0.338 e. The van der Waals surface area contributed by atoms with E-state index in [-0.39, 0.29) is 29.8 Å². The highest BCUT2D eigenvalue weighted by Crippen LogP contribution is 2.36. The van der Waals surface area contributed by atoms with Crippen LogP contribution < -0.4 is 0 Å². The average Bonchev–Trinajstić information content (AvgIpc) is 2.54. The third-order valence-corrected chi connectivity index (χ3v) is 4.09. The Morgan fingerprint density at radius 3 is 2.12 bits per heavy atom. The lowest BCUT2D eigenvalue weighted by Crippen LogP contribution is -2.16. The first-order chi connectivity index (χ1) is 11.8. The maximum atomic E-state index is 13.4. The summed E-state index contributed by atoms with van der Waals surface area (Å²) in [5, 5.41) is 9.88. The largest absolute Gasteiger partial charge is 0.478 e. The van der Waals surface area contributed by atoms with Crippen LogP contribution in [0.4, 0.5) is 4.39 Å². The molecule has 0 amide bonds. The number of hydrogen-bond donors (Lipinski definition) is 1. The summed E-state index contributed by atoms with van der Waals surface area (Å²) in [6, 6.07) is 5.87. The van der Waals surface area contributed by atoms with E-state index >= 15 is 0 Å². The molecule has 5 heteroatoms. The Labute approximate surface area is 147 Å². The van der Waals surface area contributed by atoms with E-state index in [2.05, 4.69) is 4.98 Å². The van der Waals surface area contributed by atoms with E-state index in [1.807, 2.05) is 27.7 Å². The van der Waals surface area contributed by atoms with Crippen LogP contribution in [0.15, 0.2) is 24.3 Å². The zero-order valence-electron chi connectivity index (χ0n) is 15.3. The van der Waals surface area contributed by atoms with Gasteiger partial charge in [0, 0.05) is 23.9 Å². The van der Waals surface area contributed by atoms with E-state index in [9.17, 15) is 14.3 Å². The Bertz CT molecular complexity index is 768. The van der Waals surface area contributed by atoms with Crippen LogP contribution in [0.3, 0.4) is 0 Å². The molecule has 1 heterocycles.